The van der Waals surface area contributed by atoms with Gasteiger partial charge in [-0.2, -0.15) is 5.10 Å². The maximum atomic E-state index is 10.9. The van der Waals surface area contributed by atoms with Crippen LogP contribution in [-0.4, -0.2) is 30.8 Å². The third-order valence-corrected chi connectivity index (χ3v) is 2.42. The fourth-order valence-corrected chi connectivity index (χ4v) is 1.50. The molecule has 7 heteroatoms. The summed E-state index contributed by atoms with van der Waals surface area (Å²) in [6.07, 6.45) is 1.69. The highest BCUT2D eigenvalue weighted by Gasteiger charge is 2.08. The van der Waals surface area contributed by atoms with E-state index in [1.54, 1.807) is 17.8 Å². The number of carboxylic acid groups (broad SMARTS) is 1. The smallest absolute Gasteiger partial charge is 0.354 e. The Kier molecular flexibility index (Phi) is 3.22. The van der Waals surface area contributed by atoms with E-state index in [-0.39, 0.29) is 5.69 Å². The van der Waals surface area contributed by atoms with E-state index in [0.29, 0.717) is 18.2 Å². The standard InChI is InChI=1S/C11H13N5O2/c1-7-5-9(10(17)18)15-11(14-7)12-6-8-3-4-13-16(8)2/h3-5H,6H2,1-2H3,(H,17,18)(H,12,14,15). The Morgan fingerprint density at radius 2 is 2.28 bits per heavy atom. The number of aromatic nitrogens is 4. The quantitative estimate of drug-likeness (QED) is 0.831. The van der Waals surface area contributed by atoms with Crippen molar-refractivity contribution in [1.29, 1.82) is 0 Å². The molecule has 2 aromatic heterocycles. The minimum absolute atomic E-state index is 0.0185. The van der Waals surface area contributed by atoms with Gasteiger partial charge in [0.05, 0.1) is 12.2 Å². The lowest BCUT2D eigenvalue weighted by atomic mass is 10.3. The van der Waals surface area contributed by atoms with Crippen LogP contribution >= 0.6 is 0 Å². The molecular weight excluding hydrogens is 234 g/mol. The highest BCUT2D eigenvalue weighted by Crippen LogP contribution is 2.07. The number of aryl methyl sites for hydroxylation is 2. The molecule has 0 aromatic carbocycles. The minimum atomic E-state index is -1.07. The number of aromatic carboxylic acids is 1. The number of hydrogen-bond acceptors (Lipinski definition) is 5. The molecular formula is C11H13N5O2. The molecule has 2 aromatic rings. The Balaban J connectivity index is 2.14. The first-order valence-electron chi connectivity index (χ1n) is 5.36. The predicted octanol–water partition coefficient (Wildman–Crippen LogP) is 0.829. The van der Waals surface area contributed by atoms with Crippen LogP contribution in [-0.2, 0) is 13.6 Å². The molecule has 0 aliphatic carbocycles. The van der Waals surface area contributed by atoms with Crippen LogP contribution in [0.4, 0.5) is 5.95 Å². The van der Waals surface area contributed by atoms with Crippen molar-refractivity contribution in [2.24, 2.45) is 7.05 Å². The van der Waals surface area contributed by atoms with Gasteiger partial charge in [-0.25, -0.2) is 14.8 Å². The Bertz CT molecular complexity index is 579. The number of anilines is 1. The predicted molar refractivity (Wildman–Crippen MR) is 64.3 cm³/mol. The van der Waals surface area contributed by atoms with Crippen LogP contribution in [0.25, 0.3) is 0 Å². The zero-order valence-corrected chi connectivity index (χ0v) is 10.1. The van der Waals surface area contributed by atoms with Gasteiger partial charge in [0.15, 0.2) is 5.69 Å². The van der Waals surface area contributed by atoms with Gasteiger partial charge in [-0.1, -0.05) is 0 Å². The van der Waals surface area contributed by atoms with Gasteiger partial charge in [0.25, 0.3) is 0 Å². The molecule has 18 heavy (non-hydrogen) atoms. The molecule has 94 valence electrons. The molecule has 0 spiro atoms. The molecule has 0 bridgehead atoms. The van der Waals surface area contributed by atoms with Crippen LogP contribution in [0, 0.1) is 6.92 Å². The maximum Gasteiger partial charge on any atom is 0.354 e. The second kappa shape index (κ2) is 4.82. The van der Waals surface area contributed by atoms with Gasteiger partial charge >= 0.3 is 5.97 Å². The topological polar surface area (TPSA) is 92.9 Å². The van der Waals surface area contributed by atoms with Crippen LogP contribution in [0.2, 0.25) is 0 Å². The third kappa shape index (κ3) is 2.62. The van der Waals surface area contributed by atoms with Gasteiger partial charge in [0, 0.05) is 18.9 Å². The molecule has 0 aliphatic rings. The Morgan fingerprint density at radius 3 is 2.89 bits per heavy atom. The largest absolute Gasteiger partial charge is 0.477 e. The summed E-state index contributed by atoms with van der Waals surface area (Å²) in [6.45, 7) is 2.21. The van der Waals surface area contributed by atoms with Gasteiger partial charge in [-0.05, 0) is 19.1 Å². The Hall–Kier alpha value is -2.44. The van der Waals surface area contributed by atoms with E-state index >= 15 is 0 Å². The fraction of sp³-hybridized carbons (Fsp3) is 0.273. The Labute approximate surface area is 104 Å². The van der Waals surface area contributed by atoms with Crippen molar-refractivity contribution < 1.29 is 9.90 Å². The van der Waals surface area contributed by atoms with E-state index in [2.05, 4.69) is 20.4 Å². The van der Waals surface area contributed by atoms with Gasteiger partial charge in [0.1, 0.15) is 0 Å². The summed E-state index contributed by atoms with van der Waals surface area (Å²) >= 11 is 0. The number of nitrogens with zero attached hydrogens (tertiary/aromatic N) is 4. The summed E-state index contributed by atoms with van der Waals surface area (Å²) < 4.78 is 1.72. The maximum absolute atomic E-state index is 10.9. The third-order valence-electron chi connectivity index (χ3n) is 2.42. The van der Waals surface area contributed by atoms with E-state index in [0.717, 1.165) is 5.69 Å². The average molecular weight is 247 g/mol. The van der Waals surface area contributed by atoms with Crippen LogP contribution in [0.5, 0.6) is 0 Å². The monoisotopic (exact) mass is 247 g/mol. The molecule has 0 radical (unpaired) electrons. The van der Waals surface area contributed by atoms with E-state index in [9.17, 15) is 4.79 Å². The summed E-state index contributed by atoms with van der Waals surface area (Å²) in [5.41, 5.74) is 1.54. The van der Waals surface area contributed by atoms with Gasteiger partial charge in [-0.3, -0.25) is 4.68 Å². The fourth-order valence-electron chi connectivity index (χ4n) is 1.50. The molecule has 0 aliphatic heterocycles. The lowest BCUT2D eigenvalue weighted by Crippen LogP contribution is -2.11. The summed E-state index contributed by atoms with van der Waals surface area (Å²) in [5.74, 6) is -0.766. The zero-order chi connectivity index (χ0) is 13.1. The number of carboxylic acids is 1. The van der Waals surface area contributed by atoms with E-state index in [1.165, 1.54) is 6.07 Å². The first kappa shape index (κ1) is 12.0. The number of nitrogens with one attached hydrogen (secondary N) is 1. The molecule has 0 amide bonds. The number of carbonyl (C=O) groups is 1. The molecule has 2 N–H and O–H groups in total. The van der Waals surface area contributed by atoms with Gasteiger partial charge < -0.3 is 10.4 Å². The SMILES string of the molecule is Cc1cc(C(=O)O)nc(NCc2ccnn2C)n1. The van der Waals surface area contributed by atoms with Crippen molar-refractivity contribution in [2.45, 2.75) is 13.5 Å². The van der Waals surface area contributed by atoms with Crippen molar-refractivity contribution in [1.82, 2.24) is 19.7 Å². The summed E-state index contributed by atoms with van der Waals surface area (Å²) in [4.78, 5) is 18.9. The second-order valence-electron chi connectivity index (χ2n) is 3.82. The second-order valence-corrected chi connectivity index (χ2v) is 3.82. The number of rotatable bonds is 4. The van der Waals surface area contributed by atoms with Crippen LogP contribution in [0.1, 0.15) is 21.9 Å². The molecule has 0 unspecified atom stereocenters. The lowest BCUT2D eigenvalue weighted by Gasteiger charge is -2.06. The van der Waals surface area contributed by atoms with E-state index in [1.807, 2.05) is 13.1 Å². The van der Waals surface area contributed by atoms with Crippen molar-refractivity contribution in [3.63, 3.8) is 0 Å². The number of hydrogen-bond donors (Lipinski definition) is 2. The molecule has 0 saturated carbocycles. The van der Waals surface area contributed by atoms with Gasteiger partial charge in [0.2, 0.25) is 5.95 Å². The molecule has 2 rings (SSSR count). The summed E-state index contributed by atoms with van der Waals surface area (Å²) in [5, 5.41) is 15.9. The highest BCUT2D eigenvalue weighted by molar-refractivity contribution is 5.85. The average Bonchev–Trinajstić information content (AvgIpc) is 2.71. The zero-order valence-electron chi connectivity index (χ0n) is 10.1. The molecule has 0 atom stereocenters. The van der Waals surface area contributed by atoms with Crippen molar-refractivity contribution >= 4 is 11.9 Å². The first-order valence-corrected chi connectivity index (χ1v) is 5.36. The van der Waals surface area contributed by atoms with Crippen LogP contribution < -0.4 is 5.32 Å². The van der Waals surface area contributed by atoms with E-state index < -0.39 is 5.97 Å². The normalized spacial score (nSPS) is 10.3. The molecule has 0 fully saturated rings. The summed E-state index contributed by atoms with van der Waals surface area (Å²) in [7, 11) is 1.83. The van der Waals surface area contributed by atoms with Crippen molar-refractivity contribution in [3.8, 4) is 0 Å². The van der Waals surface area contributed by atoms with Crippen LogP contribution in [0.15, 0.2) is 18.3 Å². The molecule has 7 nitrogen and oxygen atoms in total. The van der Waals surface area contributed by atoms with E-state index in [4.69, 9.17) is 5.11 Å². The van der Waals surface area contributed by atoms with Crippen molar-refractivity contribution in [3.05, 3.63) is 35.4 Å². The first-order chi connectivity index (χ1) is 8.56. The lowest BCUT2D eigenvalue weighted by molar-refractivity contribution is 0.0690. The highest BCUT2D eigenvalue weighted by atomic mass is 16.4. The minimum Gasteiger partial charge on any atom is -0.477 e. The van der Waals surface area contributed by atoms with Crippen molar-refractivity contribution in [2.75, 3.05) is 5.32 Å². The van der Waals surface area contributed by atoms with Gasteiger partial charge in [-0.15, -0.1) is 0 Å². The molecule has 0 saturated heterocycles. The van der Waals surface area contributed by atoms with Crippen LogP contribution in [0.3, 0.4) is 0 Å². The summed E-state index contributed by atoms with van der Waals surface area (Å²) in [6, 6.07) is 3.29. The molecule has 2 heterocycles. The Morgan fingerprint density at radius 1 is 1.50 bits per heavy atom.